The minimum atomic E-state index is 0.000280. The predicted octanol–water partition coefficient (Wildman–Crippen LogP) is 4.04. The van der Waals surface area contributed by atoms with Crippen molar-refractivity contribution in [2.75, 3.05) is 0 Å². The highest BCUT2D eigenvalue weighted by atomic mass is 31.0. The van der Waals surface area contributed by atoms with Gasteiger partial charge in [-0.1, -0.05) is 6.07 Å². The van der Waals surface area contributed by atoms with Gasteiger partial charge in [0.05, 0.1) is 11.9 Å². The summed E-state index contributed by atoms with van der Waals surface area (Å²) in [5.74, 6) is 0.648. The molecule has 3 aromatic rings. The van der Waals surface area contributed by atoms with Crippen molar-refractivity contribution >= 4 is 9.39 Å². The Morgan fingerprint density at radius 2 is 1.80 bits per heavy atom. The third-order valence-corrected chi connectivity index (χ3v) is 5.57. The van der Waals surface area contributed by atoms with Crippen molar-refractivity contribution in [3.8, 4) is 34.0 Å². The first-order valence-corrected chi connectivity index (χ1v) is 10.6. The fourth-order valence-corrected chi connectivity index (χ4v) is 4.65. The molecule has 0 saturated carbocycles. The number of phenols is 1. The van der Waals surface area contributed by atoms with Crippen LogP contribution in [-0.4, -0.2) is 42.0 Å². The number of ether oxygens (including phenoxy) is 1. The molecule has 1 aliphatic heterocycles. The lowest BCUT2D eigenvalue weighted by molar-refractivity contribution is 0.0524. The molecule has 30 heavy (non-hydrogen) atoms. The zero-order valence-electron chi connectivity index (χ0n) is 17.8. The molecule has 7 nitrogen and oxygen atoms in total. The van der Waals surface area contributed by atoms with Gasteiger partial charge in [-0.2, -0.15) is 5.10 Å². The van der Waals surface area contributed by atoms with E-state index in [1.54, 1.807) is 16.7 Å². The molecule has 0 amide bonds. The molecule has 8 heteroatoms. The third kappa shape index (κ3) is 4.63. The van der Waals surface area contributed by atoms with Crippen molar-refractivity contribution in [1.82, 2.24) is 25.1 Å². The Balaban J connectivity index is 1.50. The zero-order chi connectivity index (χ0) is 21.5. The van der Waals surface area contributed by atoms with E-state index in [-0.39, 0.29) is 22.9 Å². The standard InChI is InChI=1S/C22H28N5O2P/c1-21(2)10-16(11-22(3,4)26-21)29-20-8-7-18(24-25-20)17-6-5-14(9-19(17)28)15-12-23-27(30)13-15/h5-9,12-13,16,26,28H,10-11,30H2,1-4H3. The van der Waals surface area contributed by atoms with E-state index in [0.717, 1.165) is 24.0 Å². The van der Waals surface area contributed by atoms with E-state index < -0.39 is 0 Å². The molecular formula is C22H28N5O2P. The van der Waals surface area contributed by atoms with Crippen molar-refractivity contribution in [3.05, 3.63) is 42.7 Å². The van der Waals surface area contributed by atoms with Crippen LogP contribution in [0.25, 0.3) is 22.4 Å². The molecule has 0 aliphatic carbocycles. The van der Waals surface area contributed by atoms with E-state index in [9.17, 15) is 5.11 Å². The Kier molecular flexibility index (Phi) is 5.28. The summed E-state index contributed by atoms with van der Waals surface area (Å²) in [6.07, 6.45) is 5.48. The average Bonchev–Trinajstić information content (AvgIpc) is 3.06. The van der Waals surface area contributed by atoms with Crippen LogP contribution in [0.1, 0.15) is 40.5 Å². The maximum Gasteiger partial charge on any atom is 0.233 e. The first-order chi connectivity index (χ1) is 14.1. The number of phenolic OH excluding ortho intramolecular Hbond substituents is 1. The molecule has 1 atom stereocenters. The number of nitrogens with zero attached hydrogens (tertiary/aromatic N) is 4. The molecule has 1 unspecified atom stereocenters. The van der Waals surface area contributed by atoms with E-state index in [2.05, 4.69) is 57.7 Å². The Morgan fingerprint density at radius 3 is 2.37 bits per heavy atom. The molecule has 4 rings (SSSR count). The third-order valence-electron chi connectivity index (χ3n) is 5.29. The van der Waals surface area contributed by atoms with Crippen molar-refractivity contribution in [2.45, 2.75) is 57.7 Å². The van der Waals surface area contributed by atoms with E-state index >= 15 is 0 Å². The van der Waals surface area contributed by atoms with Crippen LogP contribution in [0.15, 0.2) is 42.7 Å². The minimum Gasteiger partial charge on any atom is -0.507 e. The first-order valence-electron chi connectivity index (χ1n) is 10.0. The van der Waals surface area contributed by atoms with Crippen LogP contribution in [0.5, 0.6) is 11.6 Å². The number of rotatable bonds is 4. The maximum absolute atomic E-state index is 10.5. The molecule has 0 bridgehead atoms. The van der Waals surface area contributed by atoms with Gasteiger partial charge in [-0.25, -0.2) is 0 Å². The highest BCUT2D eigenvalue weighted by Crippen LogP contribution is 2.34. The van der Waals surface area contributed by atoms with Crippen LogP contribution in [0.3, 0.4) is 0 Å². The molecule has 158 valence electrons. The predicted molar refractivity (Wildman–Crippen MR) is 120 cm³/mol. The summed E-state index contributed by atoms with van der Waals surface area (Å²) in [6, 6.07) is 9.13. The van der Waals surface area contributed by atoms with Crippen LogP contribution >= 0.6 is 9.39 Å². The molecule has 0 spiro atoms. The summed E-state index contributed by atoms with van der Waals surface area (Å²) >= 11 is 0. The fourth-order valence-electron chi connectivity index (χ4n) is 4.42. The van der Waals surface area contributed by atoms with Gasteiger partial charge in [-0.05, 0) is 60.8 Å². The highest BCUT2D eigenvalue weighted by Gasteiger charge is 2.38. The van der Waals surface area contributed by atoms with Gasteiger partial charge in [-0.3, -0.25) is 4.45 Å². The number of hydrogen-bond acceptors (Lipinski definition) is 6. The van der Waals surface area contributed by atoms with Gasteiger partial charge in [0.25, 0.3) is 0 Å². The van der Waals surface area contributed by atoms with Crippen molar-refractivity contribution in [3.63, 3.8) is 0 Å². The highest BCUT2D eigenvalue weighted by molar-refractivity contribution is 7.14. The van der Waals surface area contributed by atoms with Crippen LogP contribution in [-0.2, 0) is 0 Å². The number of aromatic nitrogens is 4. The molecule has 0 radical (unpaired) electrons. The number of nitrogens with one attached hydrogen (secondary N) is 1. The topological polar surface area (TPSA) is 85.1 Å². The Labute approximate surface area is 179 Å². The van der Waals surface area contributed by atoms with Gasteiger partial charge in [-0.15, -0.1) is 10.2 Å². The Morgan fingerprint density at radius 1 is 1.07 bits per heavy atom. The number of hydrogen-bond donors (Lipinski definition) is 2. The lowest BCUT2D eigenvalue weighted by Gasteiger charge is -2.46. The van der Waals surface area contributed by atoms with E-state index in [1.807, 2.05) is 30.5 Å². The van der Waals surface area contributed by atoms with Gasteiger partial charge < -0.3 is 15.2 Å². The second kappa shape index (κ2) is 7.64. The quantitative estimate of drug-likeness (QED) is 0.614. The van der Waals surface area contributed by atoms with Crippen molar-refractivity contribution in [2.24, 2.45) is 0 Å². The molecule has 1 fully saturated rings. The largest absolute Gasteiger partial charge is 0.507 e. The minimum absolute atomic E-state index is 0.000280. The van der Waals surface area contributed by atoms with Gasteiger partial charge in [0, 0.05) is 47.3 Å². The summed E-state index contributed by atoms with van der Waals surface area (Å²) in [4.78, 5) is 0. The SMILES string of the molecule is CC1(C)CC(Oc2ccc(-c3ccc(-c4cnn(P)c4)cc3O)nn2)CC(C)(C)N1. The molecule has 2 aromatic heterocycles. The van der Waals surface area contributed by atoms with Crippen LogP contribution < -0.4 is 10.1 Å². The summed E-state index contributed by atoms with van der Waals surface area (Å²) < 4.78 is 7.79. The number of piperidine rings is 1. The molecule has 1 saturated heterocycles. The van der Waals surface area contributed by atoms with E-state index in [4.69, 9.17) is 4.74 Å². The average molecular weight is 425 g/mol. The van der Waals surface area contributed by atoms with Gasteiger partial charge in [0.15, 0.2) is 0 Å². The summed E-state index contributed by atoms with van der Waals surface area (Å²) in [5, 5.41) is 26.8. The lowest BCUT2D eigenvalue weighted by atomic mass is 9.81. The Bertz CT molecular complexity index is 1030. The van der Waals surface area contributed by atoms with Gasteiger partial charge in [0.2, 0.25) is 5.88 Å². The molecule has 3 heterocycles. The molecular weight excluding hydrogens is 397 g/mol. The zero-order valence-corrected chi connectivity index (χ0v) is 18.9. The first kappa shape index (κ1) is 20.8. The fraction of sp³-hybridized carbons (Fsp3) is 0.409. The molecule has 1 aliphatic rings. The second-order valence-electron chi connectivity index (χ2n) is 9.24. The summed E-state index contributed by atoms with van der Waals surface area (Å²) in [6.45, 7) is 8.76. The normalized spacial score (nSPS) is 18.3. The van der Waals surface area contributed by atoms with Crippen LogP contribution in [0, 0.1) is 0 Å². The number of aromatic hydroxyl groups is 1. The van der Waals surface area contributed by atoms with Gasteiger partial charge >= 0.3 is 0 Å². The monoisotopic (exact) mass is 425 g/mol. The molecule has 1 aromatic carbocycles. The van der Waals surface area contributed by atoms with Crippen molar-refractivity contribution in [1.29, 1.82) is 0 Å². The van der Waals surface area contributed by atoms with E-state index in [0.29, 0.717) is 17.1 Å². The second-order valence-corrected chi connectivity index (χ2v) is 9.77. The van der Waals surface area contributed by atoms with Gasteiger partial charge in [0.1, 0.15) is 11.9 Å². The lowest BCUT2D eigenvalue weighted by Crippen LogP contribution is -2.60. The maximum atomic E-state index is 10.5. The molecule has 2 N–H and O–H groups in total. The summed E-state index contributed by atoms with van der Waals surface area (Å²) in [5.41, 5.74) is 3.03. The summed E-state index contributed by atoms with van der Waals surface area (Å²) in [7, 11) is 2.49. The van der Waals surface area contributed by atoms with Crippen LogP contribution in [0.4, 0.5) is 0 Å². The number of benzene rings is 1. The van der Waals surface area contributed by atoms with Crippen LogP contribution in [0.2, 0.25) is 0 Å². The van der Waals surface area contributed by atoms with E-state index in [1.165, 1.54) is 0 Å². The van der Waals surface area contributed by atoms with Crippen molar-refractivity contribution < 1.29 is 9.84 Å². The Hall–Kier alpha value is -2.50. The smallest absolute Gasteiger partial charge is 0.233 e.